The minimum atomic E-state index is -0.0642. The van der Waals surface area contributed by atoms with Crippen molar-refractivity contribution in [2.24, 2.45) is 4.99 Å². The van der Waals surface area contributed by atoms with Gasteiger partial charge >= 0.3 is 0 Å². The molecule has 0 radical (unpaired) electrons. The number of nitrogens with one attached hydrogen (secondary N) is 3. The summed E-state index contributed by atoms with van der Waals surface area (Å²) in [7, 11) is 1.74. The van der Waals surface area contributed by atoms with Crippen LogP contribution in [0.25, 0.3) is 0 Å². The predicted molar refractivity (Wildman–Crippen MR) is 110 cm³/mol. The Bertz CT molecular complexity index is 742. The van der Waals surface area contributed by atoms with Gasteiger partial charge in [0.25, 0.3) is 5.91 Å². The lowest BCUT2D eigenvalue weighted by Crippen LogP contribution is -2.40. The molecular formula is C18H26BrN7O. The van der Waals surface area contributed by atoms with E-state index in [1.807, 2.05) is 16.7 Å². The highest BCUT2D eigenvalue weighted by Gasteiger charge is 2.05. The second kappa shape index (κ2) is 11.3. The third-order valence-corrected chi connectivity index (χ3v) is 4.45. The molecule has 0 atom stereocenters. The number of nitrogens with zero attached hydrogens (tertiary/aromatic N) is 4. The SMILES string of the molecule is CCc1nncn1CCNC(=NC)NCCCNC(=O)c1ccc(Br)cc1. The zero-order chi connectivity index (χ0) is 19.5. The number of rotatable bonds is 9. The minimum absolute atomic E-state index is 0.0642. The highest BCUT2D eigenvalue weighted by molar-refractivity contribution is 9.10. The van der Waals surface area contributed by atoms with E-state index in [-0.39, 0.29) is 5.91 Å². The summed E-state index contributed by atoms with van der Waals surface area (Å²) in [5.41, 5.74) is 0.657. The Morgan fingerprint density at radius 3 is 2.56 bits per heavy atom. The first-order valence-electron chi connectivity index (χ1n) is 8.99. The van der Waals surface area contributed by atoms with E-state index in [1.54, 1.807) is 25.5 Å². The first-order valence-corrected chi connectivity index (χ1v) is 9.78. The first kappa shape index (κ1) is 20.9. The Balaban J connectivity index is 1.60. The van der Waals surface area contributed by atoms with E-state index >= 15 is 0 Å². The van der Waals surface area contributed by atoms with Crippen LogP contribution in [0.2, 0.25) is 0 Å². The fraction of sp³-hybridized carbons (Fsp3) is 0.444. The Hall–Kier alpha value is -2.42. The van der Waals surface area contributed by atoms with Crippen LogP contribution in [0.4, 0.5) is 0 Å². The van der Waals surface area contributed by atoms with E-state index < -0.39 is 0 Å². The maximum absolute atomic E-state index is 12.0. The van der Waals surface area contributed by atoms with Crippen LogP contribution < -0.4 is 16.0 Å². The highest BCUT2D eigenvalue weighted by Crippen LogP contribution is 2.10. The molecule has 0 spiro atoms. The molecule has 0 bridgehead atoms. The molecule has 0 fully saturated rings. The van der Waals surface area contributed by atoms with Crippen LogP contribution in [0.3, 0.4) is 0 Å². The van der Waals surface area contributed by atoms with Crippen LogP contribution in [0.5, 0.6) is 0 Å². The molecule has 1 heterocycles. The third kappa shape index (κ3) is 7.01. The van der Waals surface area contributed by atoms with Gasteiger partial charge in [-0.05, 0) is 30.7 Å². The van der Waals surface area contributed by atoms with Crippen molar-refractivity contribution in [2.45, 2.75) is 26.3 Å². The number of benzene rings is 1. The summed E-state index contributed by atoms with van der Waals surface area (Å²) >= 11 is 3.36. The van der Waals surface area contributed by atoms with Crippen LogP contribution >= 0.6 is 15.9 Å². The number of aryl methyl sites for hydroxylation is 1. The molecule has 0 saturated heterocycles. The Morgan fingerprint density at radius 2 is 1.85 bits per heavy atom. The van der Waals surface area contributed by atoms with Gasteiger partial charge in [-0.15, -0.1) is 10.2 Å². The van der Waals surface area contributed by atoms with Gasteiger partial charge in [-0.1, -0.05) is 22.9 Å². The number of guanidine groups is 1. The Morgan fingerprint density at radius 1 is 1.15 bits per heavy atom. The van der Waals surface area contributed by atoms with E-state index in [2.05, 4.69) is 54.0 Å². The molecule has 0 aliphatic heterocycles. The van der Waals surface area contributed by atoms with E-state index in [0.717, 1.165) is 42.2 Å². The molecule has 1 amide bonds. The zero-order valence-electron chi connectivity index (χ0n) is 15.7. The smallest absolute Gasteiger partial charge is 0.251 e. The van der Waals surface area contributed by atoms with Gasteiger partial charge in [0.15, 0.2) is 5.96 Å². The van der Waals surface area contributed by atoms with Crippen molar-refractivity contribution in [3.8, 4) is 0 Å². The Labute approximate surface area is 168 Å². The molecule has 3 N–H and O–H groups in total. The molecule has 146 valence electrons. The molecule has 1 aromatic carbocycles. The van der Waals surface area contributed by atoms with Crippen LogP contribution in [-0.4, -0.2) is 53.3 Å². The molecule has 0 aliphatic rings. The minimum Gasteiger partial charge on any atom is -0.356 e. The average Bonchev–Trinajstić information content (AvgIpc) is 3.14. The summed E-state index contributed by atoms with van der Waals surface area (Å²) in [6, 6.07) is 7.30. The number of hydrogen-bond acceptors (Lipinski definition) is 4. The molecular weight excluding hydrogens is 410 g/mol. The van der Waals surface area contributed by atoms with Gasteiger partial charge in [0.1, 0.15) is 12.2 Å². The quantitative estimate of drug-likeness (QED) is 0.315. The number of aliphatic imine (C=N–C) groups is 1. The van der Waals surface area contributed by atoms with Crippen molar-refractivity contribution < 1.29 is 4.79 Å². The molecule has 27 heavy (non-hydrogen) atoms. The normalized spacial score (nSPS) is 11.3. The molecule has 2 aromatic rings. The van der Waals surface area contributed by atoms with Crippen molar-refractivity contribution in [3.63, 3.8) is 0 Å². The van der Waals surface area contributed by atoms with Gasteiger partial charge in [0, 0.05) is 49.7 Å². The molecule has 9 heteroatoms. The topological polar surface area (TPSA) is 96.2 Å². The second-order valence-corrected chi connectivity index (χ2v) is 6.75. The number of carbonyl (C=O) groups excluding carboxylic acids is 1. The van der Waals surface area contributed by atoms with Crippen LogP contribution in [0.1, 0.15) is 29.5 Å². The number of amides is 1. The predicted octanol–water partition coefficient (Wildman–Crippen LogP) is 1.59. The first-order chi connectivity index (χ1) is 13.1. The van der Waals surface area contributed by atoms with Gasteiger partial charge in [-0.3, -0.25) is 9.79 Å². The molecule has 0 unspecified atom stereocenters. The van der Waals surface area contributed by atoms with Crippen molar-refractivity contribution in [1.82, 2.24) is 30.7 Å². The van der Waals surface area contributed by atoms with Gasteiger partial charge in [0.05, 0.1) is 0 Å². The van der Waals surface area contributed by atoms with Crippen LogP contribution in [0.15, 0.2) is 40.1 Å². The number of aromatic nitrogens is 3. The lowest BCUT2D eigenvalue weighted by Gasteiger charge is -2.13. The maximum atomic E-state index is 12.0. The second-order valence-electron chi connectivity index (χ2n) is 5.84. The van der Waals surface area contributed by atoms with Crippen molar-refractivity contribution in [3.05, 3.63) is 46.5 Å². The lowest BCUT2D eigenvalue weighted by molar-refractivity contribution is 0.0953. The van der Waals surface area contributed by atoms with Crippen molar-refractivity contribution >= 4 is 27.8 Å². The van der Waals surface area contributed by atoms with Gasteiger partial charge in [-0.2, -0.15) is 0 Å². The van der Waals surface area contributed by atoms with Crippen molar-refractivity contribution in [1.29, 1.82) is 0 Å². The number of carbonyl (C=O) groups is 1. The number of halogens is 1. The van der Waals surface area contributed by atoms with E-state index in [4.69, 9.17) is 0 Å². The zero-order valence-corrected chi connectivity index (χ0v) is 17.3. The molecule has 0 aliphatic carbocycles. The van der Waals surface area contributed by atoms with E-state index in [9.17, 15) is 4.79 Å². The van der Waals surface area contributed by atoms with Gasteiger partial charge in [-0.25, -0.2) is 0 Å². The van der Waals surface area contributed by atoms with E-state index in [0.29, 0.717) is 18.7 Å². The summed E-state index contributed by atoms with van der Waals surface area (Å²) in [5.74, 6) is 1.65. The summed E-state index contributed by atoms with van der Waals surface area (Å²) in [6.45, 7) is 4.88. The average molecular weight is 436 g/mol. The standard InChI is InChI=1S/C18H26BrN7O/c1-3-16-25-24-13-26(16)12-11-23-18(20-2)22-10-4-9-21-17(27)14-5-7-15(19)8-6-14/h5-8,13H,3-4,9-12H2,1-2H3,(H,21,27)(H2,20,22,23). The van der Waals surface area contributed by atoms with Crippen molar-refractivity contribution in [2.75, 3.05) is 26.7 Å². The molecule has 2 rings (SSSR count). The largest absolute Gasteiger partial charge is 0.356 e. The fourth-order valence-electron chi connectivity index (χ4n) is 2.46. The fourth-order valence-corrected chi connectivity index (χ4v) is 2.72. The van der Waals surface area contributed by atoms with Crippen LogP contribution in [-0.2, 0) is 13.0 Å². The summed E-state index contributed by atoms with van der Waals surface area (Å²) < 4.78 is 2.98. The van der Waals surface area contributed by atoms with Gasteiger partial charge < -0.3 is 20.5 Å². The Kier molecular flexibility index (Phi) is 8.76. The maximum Gasteiger partial charge on any atom is 0.251 e. The van der Waals surface area contributed by atoms with Gasteiger partial charge in [0.2, 0.25) is 0 Å². The third-order valence-electron chi connectivity index (χ3n) is 3.92. The van der Waals surface area contributed by atoms with Crippen LogP contribution in [0, 0.1) is 0 Å². The monoisotopic (exact) mass is 435 g/mol. The summed E-state index contributed by atoms with van der Waals surface area (Å²) in [5, 5.41) is 17.4. The van der Waals surface area contributed by atoms with E-state index in [1.165, 1.54) is 0 Å². The molecule has 1 aromatic heterocycles. The summed E-state index contributed by atoms with van der Waals surface area (Å²) in [4.78, 5) is 16.2. The highest BCUT2D eigenvalue weighted by atomic mass is 79.9. The summed E-state index contributed by atoms with van der Waals surface area (Å²) in [6.07, 6.45) is 3.40. The molecule has 8 nitrogen and oxygen atoms in total. The molecule has 0 saturated carbocycles. The lowest BCUT2D eigenvalue weighted by atomic mass is 10.2. The number of hydrogen-bond donors (Lipinski definition) is 3.